The molecule has 6 heteroatoms. The second kappa shape index (κ2) is 7.78. The van der Waals surface area contributed by atoms with Crippen LogP contribution in [0.2, 0.25) is 0 Å². The summed E-state index contributed by atoms with van der Waals surface area (Å²) in [5, 5.41) is 0. The Morgan fingerprint density at radius 2 is 1.36 bits per heavy atom. The van der Waals surface area contributed by atoms with Crippen molar-refractivity contribution in [2.24, 2.45) is 0 Å². The summed E-state index contributed by atoms with van der Waals surface area (Å²) in [6, 6.07) is 17.1. The van der Waals surface area contributed by atoms with E-state index in [1.807, 2.05) is 0 Å². The fourth-order valence-corrected chi connectivity index (χ4v) is 2.75. The summed E-state index contributed by atoms with van der Waals surface area (Å²) >= 11 is 0. The fourth-order valence-electron chi connectivity index (χ4n) is 1.55. The maximum atomic E-state index is 12.8. The number of ketones is 1. The van der Waals surface area contributed by atoms with Gasteiger partial charge in [-0.25, -0.2) is 4.57 Å². The van der Waals surface area contributed by atoms with E-state index in [9.17, 15) is 9.36 Å². The molecule has 0 aliphatic heterocycles. The molecule has 0 heterocycles. The molecule has 0 saturated heterocycles. The molecule has 5 nitrogen and oxygen atoms in total. The number of hydrogen-bond donors (Lipinski definition) is 0. The number of benzene rings is 2. The monoisotopic (exact) mass is 320 g/mol. The average molecular weight is 320 g/mol. The van der Waals surface area contributed by atoms with Crippen LogP contribution in [0.3, 0.4) is 0 Å². The highest BCUT2D eigenvalue weighted by Gasteiger charge is 2.31. The topological polar surface area (TPSA) is 61.8 Å². The van der Waals surface area contributed by atoms with Crippen LogP contribution in [0.4, 0.5) is 0 Å². The lowest BCUT2D eigenvalue weighted by atomic mass is 10.3. The minimum Gasteiger partial charge on any atom is -0.395 e. The average Bonchev–Trinajstić information content (AvgIpc) is 2.54. The van der Waals surface area contributed by atoms with Crippen molar-refractivity contribution in [1.82, 2.24) is 0 Å². The summed E-state index contributed by atoms with van der Waals surface area (Å²) < 4.78 is 28.6. The van der Waals surface area contributed by atoms with E-state index < -0.39 is 7.82 Å². The van der Waals surface area contributed by atoms with Gasteiger partial charge in [0.15, 0.2) is 5.78 Å². The third kappa shape index (κ3) is 5.02. The molecule has 2 rings (SSSR count). The van der Waals surface area contributed by atoms with Gasteiger partial charge in [-0.05, 0) is 24.3 Å². The van der Waals surface area contributed by atoms with E-state index in [2.05, 4.69) is 0 Å². The normalized spacial score (nSPS) is 11.0. The number of rotatable bonds is 8. The van der Waals surface area contributed by atoms with Gasteiger partial charge in [-0.15, -0.1) is 0 Å². The lowest BCUT2D eigenvalue weighted by Gasteiger charge is -2.18. The molecule has 0 saturated carbocycles. The summed E-state index contributed by atoms with van der Waals surface area (Å²) in [5.41, 5.74) is 0. The van der Waals surface area contributed by atoms with Gasteiger partial charge < -0.3 is 9.05 Å². The zero-order valence-corrected chi connectivity index (χ0v) is 13.1. The Hall–Kier alpha value is -2.10. The molecule has 0 aliphatic carbocycles. The van der Waals surface area contributed by atoms with Crippen LogP contribution < -0.4 is 9.05 Å². The van der Waals surface area contributed by atoms with Crippen LogP contribution >= 0.6 is 7.82 Å². The SMILES string of the molecule is CCC(=O)COP(=O)(Oc1ccccc1)Oc1ccccc1. The van der Waals surface area contributed by atoms with Gasteiger partial charge in [-0.3, -0.25) is 9.32 Å². The highest BCUT2D eigenvalue weighted by atomic mass is 31.2. The highest BCUT2D eigenvalue weighted by molar-refractivity contribution is 7.49. The molecule has 0 atom stereocenters. The van der Waals surface area contributed by atoms with Crippen LogP contribution in [0.5, 0.6) is 11.5 Å². The lowest BCUT2D eigenvalue weighted by molar-refractivity contribution is -0.121. The van der Waals surface area contributed by atoms with Gasteiger partial charge in [-0.2, -0.15) is 0 Å². The molecule has 0 fully saturated rings. The zero-order valence-electron chi connectivity index (χ0n) is 12.2. The van der Waals surface area contributed by atoms with Crippen LogP contribution in [-0.4, -0.2) is 12.4 Å². The van der Waals surface area contributed by atoms with Crippen molar-refractivity contribution in [3.8, 4) is 11.5 Å². The van der Waals surface area contributed by atoms with Gasteiger partial charge in [-0.1, -0.05) is 43.3 Å². The van der Waals surface area contributed by atoms with Crippen molar-refractivity contribution in [3.63, 3.8) is 0 Å². The molecule has 0 amide bonds. The maximum absolute atomic E-state index is 12.8. The van der Waals surface area contributed by atoms with Crippen molar-refractivity contribution in [2.45, 2.75) is 13.3 Å². The van der Waals surface area contributed by atoms with E-state index in [-0.39, 0.29) is 18.8 Å². The molecule has 0 aromatic heterocycles. The van der Waals surface area contributed by atoms with E-state index in [0.29, 0.717) is 11.5 Å². The first-order chi connectivity index (χ1) is 10.6. The molecule has 0 aliphatic rings. The number of phosphoric acid groups is 1. The van der Waals surface area contributed by atoms with Gasteiger partial charge in [0.2, 0.25) is 0 Å². The Morgan fingerprint density at radius 1 is 0.909 bits per heavy atom. The number of hydrogen-bond acceptors (Lipinski definition) is 5. The van der Waals surface area contributed by atoms with Crippen LogP contribution in [0.25, 0.3) is 0 Å². The third-order valence-corrected chi connectivity index (χ3v) is 4.01. The van der Waals surface area contributed by atoms with Gasteiger partial charge in [0.1, 0.15) is 18.1 Å². The minimum absolute atomic E-state index is 0.187. The Bertz CT molecular complexity index is 597. The van der Waals surface area contributed by atoms with E-state index in [0.717, 1.165) is 0 Å². The van der Waals surface area contributed by atoms with Crippen LogP contribution in [-0.2, 0) is 13.9 Å². The molecule has 2 aromatic rings. The van der Waals surface area contributed by atoms with E-state index in [4.69, 9.17) is 13.6 Å². The molecular weight excluding hydrogens is 303 g/mol. The molecular formula is C16H17O5P. The van der Waals surface area contributed by atoms with Crippen molar-refractivity contribution in [1.29, 1.82) is 0 Å². The first-order valence-electron chi connectivity index (χ1n) is 6.87. The smallest absolute Gasteiger partial charge is 0.395 e. The standard InChI is InChI=1S/C16H17O5P/c1-2-14(17)13-19-22(18,20-15-9-5-3-6-10-15)21-16-11-7-4-8-12-16/h3-12H,2,13H2,1H3. The Labute approximate surface area is 129 Å². The number of para-hydroxylation sites is 2. The first kappa shape index (κ1) is 16.3. The van der Waals surface area contributed by atoms with Crippen molar-refractivity contribution in [2.75, 3.05) is 6.61 Å². The zero-order chi connectivity index (χ0) is 15.8. The van der Waals surface area contributed by atoms with Gasteiger partial charge >= 0.3 is 7.82 Å². The molecule has 2 aromatic carbocycles. The summed E-state index contributed by atoms with van der Waals surface area (Å²) in [7, 11) is -3.95. The Kier molecular flexibility index (Phi) is 5.75. The van der Waals surface area contributed by atoms with Crippen LogP contribution in [0.15, 0.2) is 60.7 Å². The highest BCUT2D eigenvalue weighted by Crippen LogP contribution is 2.49. The minimum atomic E-state index is -3.95. The molecule has 22 heavy (non-hydrogen) atoms. The Morgan fingerprint density at radius 3 is 1.77 bits per heavy atom. The predicted octanol–water partition coefficient (Wildman–Crippen LogP) is 4.25. The molecule has 0 radical (unpaired) electrons. The molecule has 0 unspecified atom stereocenters. The summed E-state index contributed by atoms with van der Waals surface area (Å²) in [6.45, 7) is 1.38. The molecule has 116 valence electrons. The fraction of sp³-hybridized carbons (Fsp3) is 0.188. The van der Waals surface area contributed by atoms with Gasteiger partial charge in [0.25, 0.3) is 0 Å². The number of carbonyl (C=O) groups excluding carboxylic acids is 1. The molecule has 0 bridgehead atoms. The number of phosphoric ester groups is 1. The quantitative estimate of drug-likeness (QED) is 0.681. The second-order valence-electron chi connectivity index (χ2n) is 4.42. The third-order valence-electron chi connectivity index (χ3n) is 2.70. The van der Waals surface area contributed by atoms with Crippen molar-refractivity contribution >= 4 is 13.6 Å². The summed E-state index contributed by atoms with van der Waals surface area (Å²) in [6.07, 6.45) is 0.288. The number of Topliss-reactive ketones (excluding diaryl/α,β-unsaturated/α-hetero) is 1. The van der Waals surface area contributed by atoms with Crippen LogP contribution in [0, 0.1) is 0 Å². The first-order valence-corrected chi connectivity index (χ1v) is 8.33. The number of carbonyl (C=O) groups is 1. The van der Waals surface area contributed by atoms with Crippen molar-refractivity contribution < 1.29 is 22.9 Å². The van der Waals surface area contributed by atoms with Gasteiger partial charge in [0.05, 0.1) is 0 Å². The largest absolute Gasteiger partial charge is 0.587 e. The Balaban J connectivity index is 2.15. The van der Waals surface area contributed by atoms with Crippen LogP contribution in [0.1, 0.15) is 13.3 Å². The van der Waals surface area contributed by atoms with Crippen molar-refractivity contribution in [3.05, 3.63) is 60.7 Å². The predicted molar refractivity (Wildman–Crippen MR) is 83.0 cm³/mol. The summed E-state index contributed by atoms with van der Waals surface area (Å²) in [4.78, 5) is 11.4. The lowest BCUT2D eigenvalue weighted by Crippen LogP contribution is -2.11. The maximum Gasteiger partial charge on any atom is 0.587 e. The van der Waals surface area contributed by atoms with E-state index in [1.54, 1.807) is 67.6 Å². The van der Waals surface area contributed by atoms with E-state index >= 15 is 0 Å². The van der Waals surface area contributed by atoms with Gasteiger partial charge in [0, 0.05) is 6.42 Å². The van der Waals surface area contributed by atoms with E-state index in [1.165, 1.54) is 0 Å². The second-order valence-corrected chi connectivity index (χ2v) is 5.94. The summed E-state index contributed by atoms with van der Waals surface area (Å²) in [5.74, 6) is 0.491. The molecule has 0 N–H and O–H groups in total. The molecule has 0 spiro atoms.